The van der Waals surface area contributed by atoms with Crippen LogP contribution in [0.3, 0.4) is 0 Å². The van der Waals surface area contributed by atoms with Crippen LogP contribution in [0.1, 0.15) is 39.0 Å². The van der Waals surface area contributed by atoms with Gasteiger partial charge in [-0.05, 0) is 45.1 Å². The summed E-state index contributed by atoms with van der Waals surface area (Å²) in [6.45, 7) is 2.27. The SMILES string of the molecule is CNC(CCS(C)(=O)=O)C1(OC)CCC(C)CC1. The van der Waals surface area contributed by atoms with Gasteiger partial charge in [0.15, 0.2) is 0 Å². The minimum Gasteiger partial charge on any atom is -0.377 e. The number of likely N-dealkylation sites (N-methyl/N-ethyl adjacent to an activating group) is 1. The number of sulfone groups is 1. The fraction of sp³-hybridized carbons (Fsp3) is 1.00. The molecule has 1 fully saturated rings. The van der Waals surface area contributed by atoms with Crippen LogP contribution in [-0.2, 0) is 14.6 Å². The normalized spacial score (nSPS) is 31.2. The zero-order chi connectivity index (χ0) is 13.8. The molecule has 1 N–H and O–H groups in total. The third kappa shape index (κ3) is 4.21. The number of methoxy groups -OCH3 is 1. The van der Waals surface area contributed by atoms with E-state index in [1.54, 1.807) is 7.11 Å². The summed E-state index contributed by atoms with van der Waals surface area (Å²) in [7, 11) is 0.736. The van der Waals surface area contributed by atoms with Gasteiger partial charge >= 0.3 is 0 Å². The molecule has 1 unspecified atom stereocenters. The van der Waals surface area contributed by atoms with Crippen LogP contribution >= 0.6 is 0 Å². The van der Waals surface area contributed by atoms with Crippen molar-refractivity contribution in [2.24, 2.45) is 5.92 Å². The van der Waals surface area contributed by atoms with E-state index in [0.717, 1.165) is 31.6 Å². The molecule has 0 aliphatic heterocycles. The third-order valence-corrected chi connectivity index (χ3v) is 5.27. The van der Waals surface area contributed by atoms with Gasteiger partial charge in [-0.1, -0.05) is 6.92 Å². The Balaban J connectivity index is 2.71. The Morgan fingerprint density at radius 3 is 2.33 bits per heavy atom. The molecule has 4 nitrogen and oxygen atoms in total. The molecule has 0 saturated heterocycles. The molecule has 0 aromatic heterocycles. The summed E-state index contributed by atoms with van der Waals surface area (Å²) in [5, 5.41) is 3.26. The molecule has 18 heavy (non-hydrogen) atoms. The van der Waals surface area contributed by atoms with Crippen LogP contribution in [0, 0.1) is 5.92 Å². The van der Waals surface area contributed by atoms with E-state index in [2.05, 4.69) is 12.2 Å². The molecule has 1 saturated carbocycles. The van der Waals surface area contributed by atoms with Crippen LogP contribution < -0.4 is 5.32 Å². The topological polar surface area (TPSA) is 55.4 Å². The Bertz CT molecular complexity index is 345. The molecule has 0 radical (unpaired) electrons. The van der Waals surface area contributed by atoms with Gasteiger partial charge in [0.25, 0.3) is 0 Å². The van der Waals surface area contributed by atoms with Crippen molar-refractivity contribution in [2.75, 3.05) is 26.2 Å². The Hall–Kier alpha value is -0.130. The van der Waals surface area contributed by atoms with Crippen LogP contribution in [0.4, 0.5) is 0 Å². The van der Waals surface area contributed by atoms with E-state index in [0.29, 0.717) is 6.42 Å². The van der Waals surface area contributed by atoms with E-state index in [1.165, 1.54) is 6.26 Å². The van der Waals surface area contributed by atoms with Gasteiger partial charge in [0.2, 0.25) is 0 Å². The van der Waals surface area contributed by atoms with Gasteiger partial charge in [-0.3, -0.25) is 0 Å². The fourth-order valence-electron chi connectivity index (χ4n) is 2.95. The van der Waals surface area contributed by atoms with Crippen LogP contribution in [0.25, 0.3) is 0 Å². The zero-order valence-corrected chi connectivity index (χ0v) is 12.8. The molecule has 0 bridgehead atoms. The largest absolute Gasteiger partial charge is 0.377 e. The molecule has 1 rings (SSSR count). The second-order valence-corrected chi connectivity index (χ2v) is 7.97. The van der Waals surface area contributed by atoms with Crippen LogP contribution in [0.5, 0.6) is 0 Å². The first-order chi connectivity index (χ1) is 8.33. The Kier molecular flexibility index (Phi) is 5.62. The van der Waals surface area contributed by atoms with Gasteiger partial charge in [-0.2, -0.15) is 0 Å². The summed E-state index contributed by atoms with van der Waals surface area (Å²) in [5.41, 5.74) is -0.189. The lowest BCUT2D eigenvalue weighted by atomic mass is 9.74. The predicted molar refractivity (Wildman–Crippen MR) is 74.5 cm³/mol. The molecule has 1 atom stereocenters. The van der Waals surface area contributed by atoms with Crippen molar-refractivity contribution in [3.8, 4) is 0 Å². The predicted octanol–water partition coefficient (Wildman–Crippen LogP) is 1.60. The van der Waals surface area contributed by atoms with Gasteiger partial charge in [0.1, 0.15) is 9.84 Å². The Morgan fingerprint density at radius 2 is 1.94 bits per heavy atom. The van der Waals surface area contributed by atoms with Crippen molar-refractivity contribution in [1.29, 1.82) is 0 Å². The Labute approximate surface area is 111 Å². The Morgan fingerprint density at radius 1 is 1.39 bits per heavy atom. The maximum atomic E-state index is 11.3. The van der Waals surface area contributed by atoms with Crippen molar-refractivity contribution in [3.05, 3.63) is 0 Å². The summed E-state index contributed by atoms with van der Waals surface area (Å²) in [5.74, 6) is 0.972. The molecule has 1 aliphatic rings. The van der Waals surface area contributed by atoms with E-state index in [4.69, 9.17) is 4.74 Å². The lowest BCUT2D eigenvalue weighted by Crippen LogP contribution is -2.53. The van der Waals surface area contributed by atoms with E-state index in [9.17, 15) is 8.42 Å². The first-order valence-electron chi connectivity index (χ1n) is 6.73. The molecule has 0 aromatic rings. The van der Waals surface area contributed by atoms with Gasteiger partial charge in [0, 0.05) is 19.4 Å². The smallest absolute Gasteiger partial charge is 0.147 e. The molecular formula is C13H27NO3S. The molecule has 0 aromatic carbocycles. The average molecular weight is 277 g/mol. The minimum absolute atomic E-state index is 0.115. The van der Waals surface area contributed by atoms with Crippen LogP contribution in [0.15, 0.2) is 0 Å². The number of nitrogens with one attached hydrogen (secondary N) is 1. The highest BCUT2D eigenvalue weighted by atomic mass is 32.2. The van der Waals surface area contributed by atoms with Gasteiger partial charge in [-0.25, -0.2) is 8.42 Å². The maximum Gasteiger partial charge on any atom is 0.147 e. The first-order valence-corrected chi connectivity index (χ1v) is 8.79. The lowest BCUT2D eigenvalue weighted by Gasteiger charge is -2.44. The van der Waals surface area contributed by atoms with E-state index >= 15 is 0 Å². The van der Waals surface area contributed by atoms with Crippen LogP contribution in [0.2, 0.25) is 0 Å². The second-order valence-electron chi connectivity index (χ2n) is 5.71. The molecule has 108 valence electrons. The maximum absolute atomic E-state index is 11.3. The summed E-state index contributed by atoms with van der Waals surface area (Å²) in [4.78, 5) is 0. The monoisotopic (exact) mass is 277 g/mol. The average Bonchev–Trinajstić information content (AvgIpc) is 2.31. The summed E-state index contributed by atoms with van der Waals surface area (Å²) >= 11 is 0. The first kappa shape index (κ1) is 15.9. The number of hydrogen-bond donors (Lipinski definition) is 1. The zero-order valence-electron chi connectivity index (χ0n) is 12.0. The van der Waals surface area contributed by atoms with Crippen molar-refractivity contribution < 1.29 is 13.2 Å². The quantitative estimate of drug-likeness (QED) is 0.801. The van der Waals surface area contributed by atoms with Crippen molar-refractivity contribution in [3.63, 3.8) is 0 Å². The molecule has 5 heteroatoms. The van der Waals surface area contributed by atoms with Gasteiger partial charge < -0.3 is 10.1 Å². The highest BCUT2D eigenvalue weighted by molar-refractivity contribution is 7.90. The van der Waals surface area contributed by atoms with Gasteiger partial charge in [0.05, 0.1) is 11.4 Å². The number of rotatable bonds is 6. The molecule has 0 spiro atoms. The van der Waals surface area contributed by atoms with E-state index in [1.807, 2.05) is 7.05 Å². The minimum atomic E-state index is -2.91. The van der Waals surface area contributed by atoms with Crippen LogP contribution in [-0.4, -0.2) is 46.2 Å². The van der Waals surface area contributed by atoms with Crippen molar-refractivity contribution in [1.82, 2.24) is 5.32 Å². The van der Waals surface area contributed by atoms with Crippen molar-refractivity contribution in [2.45, 2.75) is 50.7 Å². The number of ether oxygens (including phenoxy) is 1. The molecule has 0 amide bonds. The second kappa shape index (κ2) is 6.35. The lowest BCUT2D eigenvalue weighted by molar-refractivity contribution is -0.0737. The molecule has 1 aliphatic carbocycles. The molecule has 0 heterocycles. The fourth-order valence-corrected chi connectivity index (χ4v) is 3.61. The van der Waals surface area contributed by atoms with E-state index in [-0.39, 0.29) is 17.4 Å². The highest BCUT2D eigenvalue weighted by Gasteiger charge is 2.40. The van der Waals surface area contributed by atoms with Gasteiger partial charge in [-0.15, -0.1) is 0 Å². The third-order valence-electron chi connectivity index (χ3n) is 4.29. The highest BCUT2D eigenvalue weighted by Crippen LogP contribution is 2.37. The molecular weight excluding hydrogens is 250 g/mol. The van der Waals surface area contributed by atoms with E-state index < -0.39 is 9.84 Å². The summed E-state index contributed by atoms with van der Waals surface area (Å²) in [6.07, 6.45) is 6.26. The summed E-state index contributed by atoms with van der Waals surface area (Å²) < 4.78 is 28.4. The standard InChI is InChI=1S/C13H27NO3S/c1-11-5-8-13(17-3,9-6-11)12(14-2)7-10-18(4,15)16/h11-12,14H,5-10H2,1-4H3. The summed E-state index contributed by atoms with van der Waals surface area (Å²) in [6, 6.07) is 0.115. The number of hydrogen-bond acceptors (Lipinski definition) is 4. The van der Waals surface area contributed by atoms with Crippen molar-refractivity contribution >= 4 is 9.84 Å².